The first-order chi connectivity index (χ1) is 11.9. The molecule has 7 heteroatoms. The fourth-order valence-electron chi connectivity index (χ4n) is 4.14. The number of hydrogen-bond donors (Lipinski definition) is 0. The molecule has 0 spiro atoms. The summed E-state index contributed by atoms with van der Waals surface area (Å²) >= 11 is 0. The van der Waals surface area contributed by atoms with E-state index in [2.05, 4.69) is 30.9 Å². The van der Waals surface area contributed by atoms with E-state index in [-0.39, 0.29) is 19.5 Å². The van der Waals surface area contributed by atoms with Crippen LogP contribution in [0.15, 0.2) is 15.0 Å². The smallest absolute Gasteiger partial charge is 0.469 e. The van der Waals surface area contributed by atoms with Crippen LogP contribution < -0.4 is 0 Å². The molecular formula is C18H27N6Ru. The molecule has 6 nitrogen and oxygen atoms in total. The molecule has 137 valence electrons. The quantitative estimate of drug-likeness (QED) is 0.529. The normalized spacial score (nSPS) is 32.6. The Balaban J connectivity index is 0.000000107. The molecule has 0 amide bonds. The molecule has 3 saturated heterocycles. The monoisotopic (exact) mass is 429 g/mol. The Kier molecular flexibility index (Phi) is 6.86. The molecule has 0 aromatic carbocycles. The predicted molar refractivity (Wildman–Crippen MR) is 99.8 cm³/mol. The van der Waals surface area contributed by atoms with Crippen molar-refractivity contribution in [1.29, 1.82) is 0 Å². The van der Waals surface area contributed by atoms with Crippen LogP contribution in [-0.2, 0) is 19.5 Å². The number of amidine groups is 3. The second-order valence-corrected chi connectivity index (χ2v) is 7.19. The van der Waals surface area contributed by atoms with Gasteiger partial charge in [-0.15, -0.1) is 0 Å². The van der Waals surface area contributed by atoms with E-state index in [1.54, 1.807) is 0 Å². The largest absolute Gasteiger partial charge is 3.00 e. The maximum Gasteiger partial charge on any atom is 3.00 e. The van der Waals surface area contributed by atoms with Gasteiger partial charge in [-0.05, 0) is 56.3 Å². The number of rotatable bonds is 0. The standard InChI is InChI=1S/3C6H9N2.Ru/c3*1-3-7-6-5(1)2-4-8-6;/h3*5H,1-4H2;/q3*-1;+3. The molecule has 0 bridgehead atoms. The zero-order chi connectivity index (χ0) is 16.2. The summed E-state index contributed by atoms with van der Waals surface area (Å²) in [6.45, 7) is 6.19. The molecule has 0 N–H and O–H groups in total. The van der Waals surface area contributed by atoms with Crippen LogP contribution in [0, 0.1) is 17.8 Å². The van der Waals surface area contributed by atoms with Crippen molar-refractivity contribution in [3.05, 3.63) is 16.0 Å². The molecule has 6 rings (SSSR count). The molecule has 1 radical (unpaired) electrons. The number of nitrogens with zero attached hydrogens (tertiary/aromatic N) is 6. The minimum absolute atomic E-state index is 0. The summed E-state index contributed by atoms with van der Waals surface area (Å²) < 4.78 is 0. The Labute approximate surface area is 163 Å². The van der Waals surface area contributed by atoms with Gasteiger partial charge < -0.3 is 30.9 Å². The van der Waals surface area contributed by atoms with Crippen LogP contribution in [-0.4, -0.2) is 56.8 Å². The molecule has 6 heterocycles. The fraction of sp³-hybridized carbons (Fsp3) is 0.833. The summed E-state index contributed by atoms with van der Waals surface area (Å²) in [5, 5.41) is 12.7. The molecular weight excluding hydrogens is 401 g/mol. The summed E-state index contributed by atoms with van der Waals surface area (Å²) in [5.41, 5.74) is 0. The minimum Gasteiger partial charge on any atom is -0.469 e. The van der Waals surface area contributed by atoms with Crippen LogP contribution in [0.1, 0.15) is 38.5 Å². The van der Waals surface area contributed by atoms with E-state index in [0.717, 1.165) is 74.5 Å². The van der Waals surface area contributed by atoms with Crippen molar-refractivity contribution < 1.29 is 19.5 Å². The zero-order valence-electron chi connectivity index (χ0n) is 14.8. The van der Waals surface area contributed by atoms with E-state index in [1.807, 2.05) is 0 Å². The van der Waals surface area contributed by atoms with Gasteiger partial charge in [-0.1, -0.05) is 56.8 Å². The first-order valence-corrected chi connectivity index (χ1v) is 9.55. The van der Waals surface area contributed by atoms with Crippen molar-refractivity contribution in [3.8, 4) is 0 Å². The van der Waals surface area contributed by atoms with Crippen LogP contribution in [0.4, 0.5) is 0 Å². The molecule has 0 aliphatic carbocycles. The molecule has 3 unspecified atom stereocenters. The average Bonchev–Trinajstić information content (AvgIpc) is 3.33. The summed E-state index contributed by atoms with van der Waals surface area (Å²) in [6, 6.07) is 0. The second kappa shape index (κ2) is 9.11. The van der Waals surface area contributed by atoms with Crippen molar-refractivity contribution >= 4 is 17.5 Å². The van der Waals surface area contributed by atoms with Crippen LogP contribution >= 0.6 is 0 Å². The van der Waals surface area contributed by atoms with Gasteiger partial charge in [-0.3, -0.25) is 0 Å². The van der Waals surface area contributed by atoms with Gasteiger partial charge in [0.1, 0.15) is 0 Å². The van der Waals surface area contributed by atoms with Crippen LogP contribution in [0.5, 0.6) is 0 Å². The van der Waals surface area contributed by atoms with Crippen LogP contribution in [0.2, 0.25) is 0 Å². The third-order valence-corrected chi connectivity index (χ3v) is 5.60. The Morgan fingerprint density at radius 2 is 0.840 bits per heavy atom. The van der Waals surface area contributed by atoms with Crippen molar-refractivity contribution in [1.82, 2.24) is 0 Å². The predicted octanol–water partition coefficient (Wildman–Crippen LogP) is 3.54. The van der Waals surface area contributed by atoms with Crippen LogP contribution in [0.25, 0.3) is 16.0 Å². The van der Waals surface area contributed by atoms with Gasteiger partial charge in [0.15, 0.2) is 0 Å². The van der Waals surface area contributed by atoms with Gasteiger partial charge in [-0.25, -0.2) is 0 Å². The Morgan fingerprint density at radius 1 is 0.520 bits per heavy atom. The topological polar surface area (TPSA) is 79.4 Å². The van der Waals surface area contributed by atoms with E-state index < -0.39 is 0 Å². The molecule has 0 aromatic rings. The van der Waals surface area contributed by atoms with Crippen molar-refractivity contribution in [2.24, 2.45) is 32.7 Å². The molecule has 0 saturated carbocycles. The second-order valence-electron chi connectivity index (χ2n) is 7.19. The van der Waals surface area contributed by atoms with E-state index in [9.17, 15) is 0 Å². The van der Waals surface area contributed by atoms with Crippen molar-refractivity contribution in [2.45, 2.75) is 38.5 Å². The molecule has 3 fully saturated rings. The maximum atomic E-state index is 4.25. The van der Waals surface area contributed by atoms with Crippen LogP contribution in [0.3, 0.4) is 0 Å². The maximum absolute atomic E-state index is 4.25. The Bertz CT molecular complexity index is 468. The van der Waals surface area contributed by atoms with Crippen molar-refractivity contribution in [2.75, 3.05) is 39.3 Å². The molecule has 6 aliphatic heterocycles. The number of aliphatic imine (C=N–C) groups is 3. The van der Waals surface area contributed by atoms with Gasteiger partial charge in [-0.2, -0.15) is 0 Å². The van der Waals surface area contributed by atoms with Gasteiger partial charge in [0.2, 0.25) is 0 Å². The fourth-order valence-corrected chi connectivity index (χ4v) is 4.14. The van der Waals surface area contributed by atoms with E-state index in [1.165, 1.54) is 38.5 Å². The minimum atomic E-state index is 0. The summed E-state index contributed by atoms with van der Waals surface area (Å²) in [4.78, 5) is 12.7. The third-order valence-electron chi connectivity index (χ3n) is 5.60. The third kappa shape index (κ3) is 4.61. The Hall–Kier alpha value is -0.967. The first kappa shape index (κ1) is 18.8. The molecule has 3 atom stereocenters. The van der Waals surface area contributed by atoms with Gasteiger partial charge in [0, 0.05) is 0 Å². The first-order valence-electron chi connectivity index (χ1n) is 9.55. The van der Waals surface area contributed by atoms with Crippen molar-refractivity contribution in [3.63, 3.8) is 0 Å². The molecule has 6 aliphatic rings. The summed E-state index contributed by atoms with van der Waals surface area (Å²) in [7, 11) is 0. The SMILES string of the molecule is C1CC2CC[N-]C2=N1.C1CC2CC[N-]C2=N1.C1CC2CC[N-]C2=N1.[Ru+3]. The van der Waals surface area contributed by atoms with Gasteiger partial charge in [0.05, 0.1) is 0 Å². The molecule has 0 aromatic heterocycles. The van der Waals surface area contributed by atoms with E-state index >= 15 is 0 Å². The van der Waals surface area contributed by atoms with E-state index in [4.69, 9.17) is 0 Å². The van der Waals surface area contributed by atoms with Gasteiger partial charge in [0.25, 0.3) is 0 Å². The summed E-state index contributed by atoms with van der Waals surface area (Å²) in [5.74, 6) is 5.75. The molecule has 25 heavy (non-hydrogen) atoms. The van der Waals surface area contributed by atoms with E-state index in [0.29, 0.717) is 0 Å². The summed E-state index contributed by atoms with van der Waals surface area (Å²) in [6.07, 6.45) is 7.58. The zero-order valence-corrected chi connectivity index (χ0v) is 16.5. The Morgan fingerprint density at radius 3 is 1.12 bits per heavy atom. The number of hydrogen-bond acceptors (Lipinski definition) is 3. The van der Waals surface area contributed by atoms with Gasteiger partial charge >= 0.3 is 19.5 Å². The number of fused-ring (bicyclic) bond motifs is 3. The average molecular weight is 429 g/mol.